The van der Waals surface area contributed by atoms with Crippen LogP contribution in [0, 0.1) is 0 Å². The van der Waals surface area contributed by atoms with E-state index >= 15 is 0 Å². The zero-order valence-corrected chi connectivity index (χ0v) is 15.8. The lowest BCUT2D eigenvalue weighted by Gasteiger charge is -2.06. The summed E-state index contributed by atoms with van der Waals surface area (Å²) in [6.45, 7) is 2.05. The topological polar surface area (TPSA) is 0 Å². The third kappa shape index (κ3) is 2.72. The maximum atomic E-state index is 6.17. The van der Waals surface area contributed by atoms with Gasteiger partial charge in [0.1, 0.15) is 17.5 Å². The van der Waals surface area contributed by atoms with E-state index in [0.717, 1.165) is 9.00 Å². The molecule has 9 heteroatoms. The van der Waals surface area contributed by atoms with Crippen molar-refractivity contribution in [2.45, 2.75) is 6.55 Å². The summed E-state index contributed by atoms with van der Waals surface area (Å²) in [5, 5.41) is 1.79. The molecular formula is C9H3Cl6S2Si. The highest BCUT2D eigenvalue weighted by atomic mass is 35.5. The molecule has 1 radical (unpaired) electrons. The molecule has 0 spiro atoms. The predicted molar refractivity (Wildman–Crippen MR) is 89.6 cm³/mol. The third-order valence-corrected chi connectivity index (χ3v) is 11.6. The van der Waals surface area contributed by atoms with Crippen LogP contribution in [0.2, 0.25) is 35.3 Å². The fourth-order valence-corrected chi connectivity index (χ4v) is 9.41. The van der Waals surface area contributed by atoms with Gasteiger partial charge in [-0.1, -0.05) is 76.2 Å². The van der Waals surface area contributed by atoms with E-state index in [2.05, 4.69) is 6.55 Å². The highest BCUT2D eigenvalue weighted by Gasteiger charge is 2.26. The molecule has 2 aromatic heterocycles. The Hall–Kier alpha value is 1.36. The Morgan fingerprint density at radius 3 is 1.22 bits per heavy atom. The molecule has 0 bridgehead atoms. The van der Waals surface area contributed by atoms with Crippen molar-refractivity contribution < 1.29 is 0 Å². The Balaban J connectivity index is 2.51. The van der Waals surface area contributed by atoms with Gasteiger partial charge in [-0.15, -0.1) is 22.7 Å². The molecule has 0 nitrogen and oxygen atoms in total. The van der Waals surface area contributed by atoms with Gasteiger partial charge < -0.3 is 0 Å². The van der Waals surface area contributed by atoms with Crippen LogP contribution in [-0.2, 0) is 0 Å². The minimum atomic E-state index is -1.17. The largest absolute Gasteiger partial charge is 0.149 e. The van der Waals surface area contributed by atoms with Crippen molar-refractivity contribution in [1.29, 1.82) is 0 Å². The Labute approximate surface area is 144 Å². The number of hydrogen-bond acceptors (Lipinski definition) is 2. The van der Waals surface area contributed by atoms with Gasteiger partial charge in [0, 0.05) is 9.00 Å². The van der Waals surface area contributed by atoms with Crippen LogP contribution >= 0.6 is 92.3 Å². The number of halogens is 6. The molecule has 0 aliphatic heterocycles. The summed E-state index contributed by atoms with van der Waals surface area (Å²) in [4.78, 5) is 0. The Morgan fingerprint density at radius 2 is 1.00 bits per heavy atom. The second kappa shape index (κ2) is 6.00. The molecular weight excluding hydrogens is 413 g/mol. The Kier molecular flexibility index (Phi) is 5.25. The summed E-state index contributed by atoms with van der Waals surface area (Å²) in [6.07, 6.45) is 0. The van der Waals surface area contributed by atoms with Gasteiger partial charge in [-0.3, -0.25) is 0 Å². The molecule has 0 aromatic carbocycles. The van der Waals surface area contributed by atoms with E-state index in [4.69, 9.17) is 69.6 Å². The Bertz CT molecular complexity index is 552. The average Bonchev–Trinajstić information content (AvgIpc) is 2.74. The predicted octanol–water partition coefficient (Wildman–Crippen LogP) is 5.97. The summed E-state index contributed by atoms with van der Waals surface area (Å²) in [5.74, 6) is 0. The van der Waals surface area contributed by atoms with E-state index in [-0.39, 0.29) is 0 Å². The van der Waals surface area contributed by atoms with Gasteiger partial charge in [-0.05, 0) is 0 Å². The number of rotatable bonds is 2. The normalized spacial score (nSPS) is 11.6. The second-order valence-corrected chi connectivity index (χ2v) is 11.0. The minimum absolute atomic E-state index is 0.396. The monoisotopic (exact) mass is 413 g/mol. The third-order valence-electron chi connectivity index (χ3n) is 2.19. The van der Waals surface area contributed by atoms with Crippen molar-refractivity contribution in [3.8, 4) is 0 Å². The highest BCUT2D eigenvalue weighted by molar-refractivity contribution is 7.36. The first-order chi connectivity index (χ1) is 8.34. The molecule has 0 atom stereocenters. The van der Waals surface area contributed by atoms with Crippen LogP contribution in [0.4, 0.5) is 0 Å². The quantitative estimate of drug-likeness (QED) is 0.530. The fourth-order valence-electron chi connectivity index (χ4n) is 1.32. The van der Waals surface area contributed by atoms with Crippen molar-refractivity contribution in [2.24, 2.45) is 0 Å². The first-order valence-electron chi connectivity index (χ1n) is 4.45. The van der Waals surface area contributed by atoms with E-state index < -0.39 is 8.80 Å². The maximum Gasteiger partial charge on any atom is 0.149 e. The molecule has 2 heterocycles. The van der Waals surface area contributed by atoms with Crippen molar-refractivity contribution in [3.05, 3.63) is 28.8 Å². The van der Waals surface area contributed by atoms with E-state index in [1.165, 1.54) is 22.7 Å². The van der Waals surface area contributed by atoms with Gasteiger partial charge in [0.15, 0.2) is 0 Å². The lowest BCUT2D eigenvalue weighted by atomic mass is 10.6. The molecule has 2 aromatic rings. The maximum absolute atomic E-state index is 6.17. The summed E-state index contributed by atoms with van der Waals surface area (Å²) >= 11 is 39.0. The summed E-state index contributed by atoms with van der Waals surface area (Å²) < 4.78 is 2.89. The molecule has 0 aliphatic carbocycles. The standard InChI is InChI=1S/C9H3Cl6S2Si/c1-18(8-4(12)2(10)6(14)16-8)9-5(13)3(11)7(15)17-9/h1H3. The fraction of sp³-hybridized carbons (Fsp3) is 0.111. The van der Waals surface area contributed by atoms with Gasteiger partial charge in [0.2, 0.25) is 0 Å². The lowest BCUT2D eigenvalue weighted by molar-refractivity contribution is 1.97. The van der Waals surface area contributed by atoms with Crippen LogP contribution in [-0.4, -0.2) is 8.80 Å². The van der Waals surface area contributed by atoms with Gasteiger partial charge in [0.25, 0.3) is 0 Å². The first-order valence-corrected chi connectivity index (χ1v) is 10.4. The SMILES string of the molecule is C[Si](c1sc(Cl)c(Cl)c1Cl)c1sc(Cl)c(Cl)c1Cl. The Morgan fingerprint density at radius 1 is 0.667 bits per heavy atom. The van der Waals surface area contributed by atoms with Crippen molar-refractivity contribution in [3.63, 3.8) is 0 Å². The van der Waals surface area contributed by atoms with Crippen LogP contribution < -0.4 is 9.00 Å². The molecule has 0 saturated heterocycles. The highest BCUT2D eigenvalue weighted by Crippen LogP contribution is 2.37. The second-order valence-electron chi connectivity index (χ2n) is 3.29. The van der Waals surface area contributed by atoms with Crippen molar-refractivity contribution in [2.75, 3.05) is 0 Å². The van der Waals surface area contributed by atoms with Gasteiger partial charge in [-0.25, -0.2) is 0 Å². The van der Waals surface area contributed by atoms with Crippen LogP contribution in [0.1, 0.15) is 0 Å². The van der Waals surface area contributed by atoms with Crippen LogP contribution in [0.25, 0.3) is 0 Å². The summed E-state index contributed by atoms with van der Waals surface area (Å²) in [7, 11) is -1.17. The molecule has 18 heavy (non-hydrogen) atoms. The summed E-state index contributed by atoms with van der Waals surface area (Å²) in [5.41, 5.74) is 0. The first kappa shape index (κ1) is 15.7. The van der Waals surface area contributed by atoms with Crippen molar-refractivity contribution in [1.82, 2.24) is 0 Å². The molecule has 0 unspecified atom stereocenters. The molecule has 97 valence electrons. The van der Waals surface area contributed by atoms with Crippen LogP contribution in [0.15, 0.2) is 0 Å². The lowest BCUT2D eigenvalue weighted by Crippen LogP contribution is -2.36. The van der Waals surface area contributed by atoms with E-state index in [1.54, 1.807) is 0 Å². The molecule has 0 N–H and O–H groups in total. The molecule has 0 saturated carbocycles. The molecule has 0 aliphatic rings. The van der Waals surface area contributed by atoms with Crippen molar-refractivity contribution >= 4 is 110 Å². The summed E-state index contributed by atoms with van der Waals surface area (Å²) in [6, 6.07) is 0. The zero-order valence-electron chi connectivity index (χ0n) is 8.58. The minimum Gasteiger partial charge on any atom is -0.130 e. The molecule has 0 amide bonds. The smallest absolute Gasteiger partial charge is 0.130 e. The van der Waals surface area contributed by atoms with Crippen LogP contribution in [0.5, 0.6) is 0 Å². The molecule has 0 fully saturated rings. The average molecular weight is 416 g/mol. The van der Waals surface area contributed by atoms with Gasteiger partial charge in [0.05, 0.1) is 20.1 Å². The van der Waals surface area contributed by atoms with E-state index in [1.807, 2.05) is 0 Å². The number of thiophene rings is 2. The van der Waals surface area contributed by atoms with Gasteiger partial charge in [-0.2, -0.15) is 0 Å². The number of hydrogen-bond donors (Lipinski definition) is 0. The van der Waals surface area contributed by atoms with Crippen LogP contribution in [0.3, 0.4) is 0 Å². The van der Waals surface area contributed by atoms with E-state index in [0.29, 0.717) is 28.8 Å². The van der Waals surface area contributed by atoms with E-state index in [9.17, 15) is 0 Å². The molecule has 2 rings (SSSR count). The van der Waals surface area contributed by atoms with Gasteiger partial charge >= 0.3 is 0 Å². The zero-order chi connectivity index (χ0) is 13.6.